The molecule has 3 aromatic rings. The normalized spacial score (nSPS) is 10.5. The number of nitrogen functional groups attached to an aromatic ring is 1. The number of nitrogens with zero attached hydrogens (tertiary/aromatic N) is 3. The highest BCUT2D eigenvalue weighted by Gasteiger charge is 2.11. The summed E-state index contributed by atoms with van der Waals surface area (Å²) in [6.07, 6.45) is 1.43. The van der Waals surface area contributed by atoms with Gasteiger partial charge in [-0.3, -0.25) is 4.79 Å². The molecule has 0 atom stereocenters. The average Bonchev–Trinajstić information content (AvgIpc) is 2.89. The molecule has 3 rings (SSSR count). The molecule has 2 aromatic heterocycles. The SMILES string of the molecule is CC(=O)c1ccc(Nc2ncnc(Nc3nc(C)c(C)s3)c2N)cc1. The van der Waals surface area contributed by atoms with Crippen LogP contribution in [0.15, 0.2) is 30.6 Å². The summed E-state index contributed by atoms with van der Waals surface area (Å²) in [5.74, 6) is 0.998. The predicted molar refractivity (Wildman–Crippen MR) is 101 cm³/mol. The van der Waals surface area contributed by atoms with Crippen LogP contribution in [0, 0.1) is 13.8 Å². The van der Waals surface area contributed by atoms with Crippen LogP contribution in [0.4, 0.5) is 28.1 Å². The number of aromatic nitrogens is 3. The Hall–Kier alpha value is -3.00. The fourth-order valence-electron chi connectivity index (χ4n) is 2.15. The fraction of sp³-hybridized carbons (Fsp3) is 0.176. The zero-order valence-corrected chi connectivity index (χ0v) is 14.9. The van der Waals surface area contributed by atoms with Gasteiger partial charge in [0.2, 0.25) is 0 Å². The number of ketones is 1. The second kappa shape index (κ2) is 6.86. The zero-order valence-electron chi connectivity index (χ0n) is 14.1. The molecule has 0 saturated heterocycles. The van der Waals surface area contributed by atoms with Crippen molar-refractivity contribution >= 4 is 45.3 Å². The number of nitrogens with two attached hydrogens (primary N) is 1. The van der Waals surface area contributed by atoms with Crippen LogP contribution < -0.4 is 16.4 Å². The molecule has 0 saturated carbocycles. The van der Waals surface area contributed by atoms with E-state index in [-0.39, 0.29) is 5.78 Å². The minimum Gasteiger partial charge on any atom is -0.393 e. The second-order valence-electron chi connectivity index (χ2n) is 5.53. The highest BCUT2D eigenvalue weighted by molar-refractivity contribution is 7.15. The minimum absolute atomic E-state index is 0.0219. The molecule has 0 bridgehead atoms. The van der Waals surface area contributed by atoms with Crippen molar-refractivity contribution in [3.05, 3.63) is 46.7 Å². The molecule has 0 unspecified atom stereocenters. The smallest absolute Gasteiger partial charge is 0.188 e. The van der Waals surface area contributed by atoms with Crippen LogP contribution in [0.25, 0.3) is 0 Å². The molecule has 25 heavy (non-hydrogen) atoms. The maximum absolute atomic E-state index is 11.3. The van der Waals surface area contributed by atoms with E-state index in [0.29, 0.717) is 22.9 Å². The van der Waals surface area contributed by atoms with Gasteiger partial charge in [0, 0.05) is 16.1 Å². The molecular formula is C17H18N6OS. The summed E-state index contributed by atoms with van der Waals surface area (Å²) in [6, 6.07) is 7.11. The second-order valence-corrected chi connectivity index (χ2v) is 6.73. The number of anilines is 5. The molecule has 1 aromatic carbocycles. The molecule has 0 radical (unpaired) electrons. The third-order valence-corrected chi connectivity index (χ3v) is 4.68. The minimum atomic E-state index is 0.0219. The number of hydrogen-bond donors (Lipinski definition) is 3. The summed E-state index contributed by atoms with van der Waals surface area (Å²) >= 11 is 1.54. The van der Waals surface area contributed by atoms with E-state index < -0.39 is 0 Å². The molecule has 128 valence electrons. The summed E-state index contributed by atoms with van der Waals surface area (Å²) in [5, 5.41) is 7.00. The molecular weight excluding hydrogens is 336 g/mol. The first kappa shape index (κ1) is 16.8. The van der Waals surface area contributed by atoms with Crippen LogP contribution in [0.2, 0.25) is 0 Å². The lowest BCUT2D eigenvalue weighted by atomic mass is 10.1. The Balaban J connectivity index is 1.81. The Bertz CT molecular complexity index is 900. The first-order valence-corrected chi connectivity index (χ1v) is 8.45. The van der Waals surface area contributed by atoms with Gasteiger partial charge in [-0.2, -0.15) is 0 Å². The highest BCUT2D eigenvalue weighted by Crippen LogP contribution is 2.30. The van der Waals surface area contributed by atoms with Gasteiger partial charge in [-0.05, 0) is 45.0 Å². The van der Waals surface area contributed by atoms with E-state index >= 15 is 0 Å². The summed E-state index contributed by atoms with van der Waals surface area (Å²) in [4.78, 5) is 25.3. The molecule has 4 N–H and O–H groups in total. The third-order valence-electron chi connectivity index (χ3n) is 3.69. The number of hydrogen-bond acceptors (Lipinski definition) is 8. The third kappa shape index (κ3) is 3.74. The van der Waals surface area contributed by atoms with Crippen LogP contribution in [0.5, 0.6) is 0 Å². The van der Waals surface area contributed by atoms with Crippen molar-refractivity contribution in [3.8, 4) is 0 Å². The average molecular weight is 354 g/mol. The molecule has 2 heterocycles. The van der Waals surface area contributed by atoms with Crippen LogP contribution in [-0.2, 0) is 0 Å². The van der Waals surface area contributed by atoms with Crippen LogP contribution >= 0.6 is 11.3 Å². The van der Waals surface area contributed by atoms with Gasteiger partial charge in [-0.1, -0.05) is 0 Å². The lowest BCUT2D eigenvalue weighted by Gasteiger charge is -2.11. The van der Waals surface area contributed by atoms with E-state index in [0.717, 1.165) is 21.4 Å². The number of benzene rings is 1. The Kier molecular flexibility index (Phi) is 4.62. The molecule has 0 spiro atoms. The van der Waals surface area contributed by atoms with Crippen molar-refractivity contribution in [2.24, 2.45) is 0 Å². The molecule has 0 fully saturated rings. The van der Waals surface area contributed by atoms with E-state index in [4.69, 9.17) is 5.73 Å². The molecule has 0 aliphatic carbocycles. The van der Waals surface area contributed by atoms with Gasteiger partial charge in [-0.25, -0.2) is 15.0 Å². The largest absolute Gasteiger partial charge is 0.393 e. The summed E-state index contributed by atoms with van der Waals surface area (Å²) in [7, 11) is 0. The van der Waals surface area contributed by atoms with Gasteiger partial charge < -0.3 is 16.4 Å². The number of nitrogens with one attached hydrogen (secondary N) is 2. The van der Waals surface area contributed by atoms with Gasteiger partial charge in [0.1, 0.15) is 12.0 Å². The zero-order chi connectivity index (χ0) is 18.0. The maximum atomic E-state index is 11.3. The summed E-state index contributed by atoms with van der Waals surface area (Å²) in [5.41, 5.74) is 8.97. The summed E-state index contributed by atoms with van der Waals surface area (Å²) in [6.45, 7) is 5.50. The number of rotatable bonds is 5. The molecule has 8 heteroatoms. The lowest BCUT2D eigenvalue weighted by molar-refractivity contribution is 0.101. The van der Waals surface area contributed by atoms with Gasteiger partial charge >= 0.3 is 0 Å². The molecule has 7 nitrogen and oxygen atoms in total. The van der Waals surface area contributed by atoms with Gasteiger partial charge in [-0.15, -0.1) is 11.3 Å². The topological polar surface area (TPSA) is 106 Å². The molecule has 0 aliphatic rings. The van der Waals surface area contributed by atoms with Crippen LogP contribution in [0.3, 0.4) is 0 Å². The van der Waals surface area contributed by atoms with Crippen molar-refractivity contribution in [1.82, 2.24) is 15.0 Å². The fourth-order valence-corrected chi connectivity index (χ4v) is 2.96. The van der Waals surface area contributed by atoms with Crippen molar-refractivity contribution in [2.75, 3.05) is 16.4 Å². The van der Waals surface area contributed by atoms with E-state index in [9.17, 15) is 4.79 Å². The maximum Gasteiger partial charge on any atom is 0.188 e. The Morgan fingerprint density at radius 1 is 1.08 bits per heavy atom. The van der Waals surface area contributed by atoms with Crippen molar-refractivity contribution in [3.63, 3.8) is 0 Å². The number of Topliss-reactive ketones (excluding diaryl/α,β-unsaturated/α-hetero) is 1. The van der Waals surface area contributed by atoms with Crippen molar-refractivity contribution in [2.45, 2.75) is 20.8 Å². The van der Waals surface area contributed by atoms with Gasteiger partial charge in [0.15, 0.2) is 22.6 Å². The van der Waals surface area contributed by atoms with E-state index in [1.165, 1.54) is 13.3 Å². The number of aryl methyl sites for hydroxylation is 2. The molecule has 0 amide bonds. The van der Waals surface area contributed by atoms with Crippen molar-refractivity contribution in [1.29, 1.82) is 0 Å². The lowest BCUT2D eigenvalue weighted by Crippen LogP contribution is -2.05. The van der Waals surface area contributed by atoms with Gasteiger partial charge in [0.05, 0.1) is 5.69 Å². The standard InChI is InChI=1S/C17H18N6OS/c1-9-11(3)25-17(21-9)23-16-14(18)15(19-8-20-16)22-13-6-4-12(5-7-13)10(2)24/h4-8H,18H2,1-3H3,(H2,19,20,21,22,23). The van der Waals surface area contributed by atoms with Gasteiger partial charge in [0.25, 0.3) is 0 Å². The monoisotopic (exact) mass is 354 g/mol. The van der Waals surface area contributed by atoms with E-state index in [2.05, 4.69) is 25.6 Å². The quantitative estimate of drug-likeness (QED) is 0.598. The predicted octanol–water partition coefficient (Wildman–Crippen LogP) is 3.82. The van der Waals surface area contributed by atoms with E-state index in [1.807, 2.05) is 13.8 Å². The van der Waals surface area contributed by atoms with E-state index in [1.54, 1.807) is 35.6 Å². The van der Waals surface area contributed by atoms with Crippen LogP contribution in [-0.4, -0.2) is 20.7 Å². The Labute approximate surface area is 149 Å². The first-order valence-electron chi connectivity index (χ1n) is 7.63. The van der Waals surface area contributed by atoms with Crippen molar-refractivity contribution < 1.29 is 4.79 Å². The molecule has 0 aliphatic heterocycles. The first-order chi connectivity index (χ1) is 11.9. The van der Waals surface area contributed by atoms with Crippen LogP contribution in [0.1, 0.15) is 27.9 Å². The highest BCUT2D eigenvalue weighted by atomic mass is 32.1. The number of carbonyl (C=O) groups is 1. The summed E-state index contributed by atoms with van der Waals surface area (Å²) < 4.78 is 0. The number of carbonyl (C=O) groups excluding carboxylic acids is 1. The number of thiazole rings is 1. The Morgan fingerprint density at radius 3 is 2.28 bits per heavy atom. The Morgan fingerprint density at radius 2 is 1.72 bits per heavy atom.